The lowest BCUT2D eigenvalue weighted by molar-refractivity contribution is -0.141. The van der Waals surface area contributed by atoms with Crippen LogP contribution in [-0.4, -0.2) is 48.8 Å². The maximum absolute atomic E-state index is 11.3. The summed E-state index contributed by atoms with van der Waals surface area (Å²) >= 11 is 0. The van der Waals surface area contributed by atoms with Crippen molar-refractivity contribution in [2.24, 2.45) is 0 Å². The van der Waals surface area contributed by atoms with Gasteiger partial charge in [0.2, 0.25) is 5.95 Å². The Hall–Kier alpha value is -2.67. The molecule has 0 amide bonds. The zero-order valence-corrected chi connectivity index (χ0v) is 14.1. The Balaban J connectivity index is 1.57. The van der Waals surface area contributed by atoms with Crippen molar-refractivity contribution in [3.63, 3.8) is 0 Å². The number of morpholine rings is 1. The van der Waals surface area contributed by atoms with E-state index >= 15 is 0 Å². The highest BCUT2D eigenvalue weighted by molar-refractivity contribution is 5.69. The topological polar surface area (TPSA) is 73.8 Å². The maximum Gasteiger partial charge on any atom is 0.305 e. The maximum atomic E-state index is 11.3. The van der Waals surface area contributed by atoms with Crippen LogP contribution in [0.3, 0.4) is 0 Å². The zero-order valence-electron chi connectivity index (χ0n) is 14.1. The van der Waals surface area contributed by atoms with E-state index in [1.54, 1.807) is 12.4 Å². The van der Waals surface area contributed by atoms with Crippen LogP contribution in [0, 0.1) is 0 Å². The zero-order chi connectivity index (χ0) is 17.5. The number of carbonyl (C=O) groups is 1. The Kier molecular flexibility index (Phi) is 5.79. The predicted molar refractivity (Wildman–Crippen MR) is 91.8 cm³/mol. The fourth-order valence-electron chi connectivity index (χ4n) is 2.61. The smallest absolute Gasteiger partial charge is 0.305 e. The number of esters is 1. The molecule has 1 unspecified atom stereocenters. The van der Waals surface area contributed by atoms with Gasteiger partial charge in [-0.2, -0.15) is 0 Å². The number of methoxy groups -OCH3 is 1. The fourth-order valence-corrected chi connectivity index (χ4v) is 2.61. The Morgan fingerprint density at radius 3 is 2.72 bits per heavy atom. The molecule has 0 radical (unpaired) electrons. The Bertz CT molecular complexity index is 678. The molecule has 0 saturated carbocycles. The highest BCUT2D eigenvalue weighted by Gasteiger charge is 2.23. The lowest BCUT2D eigenvalue weighted by Gasteiger charge is -2.32. The summed E-state index contributed by atoms with van der Waals surface area (Å²) in [6, 6.07) is 9.50. The second-order valence-electron chi connectivity index (χ2n) is 5.69. The molecule has 3 rings (SSSR count). The molecule has 1 aromatic heterocycles. The van der Waals surface area contributed by atoms with E-state index in [2.05, 4.69) is 19.6 Å². The molecule has 0 bridgehead atoms. The minimum atomic E-state index is -0.223. The molecule has 0 aliphatic carbocycles. The molecule has 2 aromatic rings. The van der Waals surface area contributed by atoms with Crippen molar-refractivity contribution < 1.29 is 19.0 Å². The van der Waals surface area contributed by atoms with Crippen molar-refractivity contribution in [3.8, 4) is 11.5 Å². The molecular formula is C18H21N3O4. The lowest BCUT2D eigenvalue weighted by atomic mass is 10.1. The number of benzene rings is 1. The van der Waals surface area contributed by atoms with Crippen LogP contribution in [0.5, 0.6) is 11.5 Å². The predicted octanol–water partition coefficient (Wildman–Crippen LogP) is 2.43. The van der Waals surface area contributed by atoms with Gasteiger partial charge in [0.1, 0.15) is 5.75 Å². The van der Waals surface area contributed by atoms with Crippen LogP contribution in [0.15, 0.2) is 42.7 Å². The van der Waals surface area contributed by atoms with Crippen molar-refractivity contribution in [3.05, 3.63) is 42.7 Å². The third-order valence-corrected chi connectivity index (χ3v) is 3.91. The van der Waals surface area contributed by atoms with Crippen LogP contribution in [-0.2, 0) is 14.3 Å². The van der Waals surface area contributed by atoms with E-state index in [9.17, 15) is 4.79 Å². The van der Waals surface area contributed by atoms with Crippen molar-refractivity contribution >= 4 is 11.9 Å². The first-order chi connectivity index (χ1) is 12.2. The molecule has 1 fully saturated rings. The van der Waals surface area contributed by atoms with Gasteiger partial charge in [0, 0.05) is 19.5 Å². The summed E-state index contributed by atoms with van der Waals surface area (Å²) in [5.74, 6) is 1.74. The Morgan fingerprint density at radius 2 is 2.00 bits per heavy atom. The van der Waals surface area contributed by atoms with E-state index < -0.39 is 0 Å². The molecule has 1 aliphatic heterocycles. The van der Waals surface area contributed by atoms with E-state index in [1.165, 1.54) is 7.11 Å². The first-order valence-electron chi connectivity index (χ1n) is 8.23. The number of ether oxygens (including phenoxy) is 3. The summed E-state index contributed by atoms with van der Waals surface area (Å²) in [6.07, 6.45) is 4.26. The van der Waals surface area contributed by atoms with Gasteiger partial charge in [-0.25, -0.2) is 9.97 Å². The first-order valence-corrected chi connectivity index (χ1v) is 8.23. The minimum absolute atomic E-state index is 0.0308. The van der Waals surface area contributed by atoms with E-state index in [0.29, 0.717) is 44.2 Å². The van der Waals surface area contributed by atoms with Crippen molar-refractivity contribution in [1.82, 2.24) is 9.97 Å². The molecule has 1 saturated heterocycles. The van der Waals surface area contributed by atoms with Crippen LogP contribution >= 0.6 is 0 Å². The largest absolute Gasteiger partial charge is 0.469 e. The molecule has 25 heavy (non-hydrogen) atoms. The number of aromatic nitrogens is 2. The quantitative estimate of drug-likeness (QED) is 0.746. The van der Waals surface area contributed by atoms with Crippen molar-refractivity contribution in [2.45, 2.75) is 18.9 Å². The summed E-state index contributed by atoms with van der Waals surface area (Å²) in [4.78, 5) is 22.1. The van der Waals surface area contributed by atoms with Crippen LogP contribution in [0.25, 0.3) is 0 Å². The fraction of sp³-hybridized carbons (Fsp3) is 0.389. The molecule has 132 valence electrons. The average molecular weight is 343 g/mol. The molecule has 1 aliphatic rings. The Labute approximate surface area is 146 Å². The van der Waals surface area contributed by atoms with Gasteiger partial charge in [0.15, 0.2) is 5.75 Å². The molecule has 2 heterocycles. The molecule has 0 N–H and O–H groups in total. The van der Waals surface area contributed by atoms with Gasteiger partial charge >= 0.3 is 5.97 Å². The number of carbonyl (C=O) groups excluding carboxylic acids is 1. The molecule has 1 aromatic carbocycles. The van der Waals surface area contributed by atoms with Gasteiger partial charge in [-0.3, -0.25) is 4.79 Å². The molecule has 7 nitrogen and oxygen atoms in total. The molecular weight excluding hydrogens is 322 g/mol. The number of rotatable bonds is 6. The van der Waals surface area contributed by atoms with Crippen LogP contribution in [0.2, 0.25) is 0 Å². The van der Waals surface area contributed by atoms with E-state index in [0.717, 1.165) is 5.75 Å². The Morgan fingerprint density at radius 1 is 1.24 bits per heavy atom. The lowest BCUT2D eigenvalue weighted by Crippen LogP contribution is -2.43. The standard InChI is InChI=1S/C18H21N3O4/c1-23-17(22)8-7-15-13-21(9-10-24-15)18-19-11-16(12-20-18)25-14-5-3-2-4-6-14/h2-6,11-12,15H,7-10,13H2,1H3. The van der Waals surface area contributed by atoms with Gasteiger partial charge in [0.05, 0.1) is 32.2 Å². The molecule has 7 heteroatoms. The summed E-state index contributed by atoms with van der Waals surface area (Å²) in [7, 11) is 1.39. The van der Waals surface area contributed by atoms with Crippen molar-refractivity contribution in [2.75, 3.05) is 31.7 Å². The highest BCUT2D eigenvalue weighted by atomic mass is 16.5. The van der Waals surface area contributed by atoms with Gasteiger partial charge in [-0.1, -0.05) is 18.2 Å². The van der Waals surface area contributed by atoms with Gasteiger partial charge in [-0.05, 0) is 18.6 Å². The highest BCUT2D eigenvalue weighted by Crippen LogP contribution is 2.21. The van der Waals surface area contributed by atoms with Crippen LogP contribution in [0.1, 0.15) is 12.8 Å². The van der Waals surface area contributed by atoms with Gasteiger partial charge in [0.25, 0.3) is 0 Å². The third-order valence-electron chi connectivity index (χ3n) is 3.91. The number of hydrogen-bond donors (Lipinski definition) is 0. The number of hydrogen-bond acceptors (Lipinski definition) is 7. The van der Waals surface area contributed by atoms with Crippen molar-refractivity contribution in [1.29, 1.82) is 0 Å². The monoisotopic (exact) mass is 343 g/mol. The average Bonchev–Trinajstić information content (AvgIpc) is 2.68. The van der Waals surface area contributed by atoms with Crippen LogP contribution in [0.4, 0.5) is 5.95 Å². The third kappa shape index (κ3) is 4.90. The second kappa shape index (κ2) is 8.43. The number of nitrogens with zero attached hydrogens (tertiary/aromatic N) is 3. The molecule has 0 spiro atoms. The summed E-state index contributed by atoms with van der Waals surface area (Å²) < 4.78 is 16.1. The second-order valence-corrected chi connectivity index (χ2v) is 5.69. The van der Waals surface area contributed by atoms with Gasteiger partial charge in [-0.15, -0.1) is 0 Å². The van der Waals surface area contributed by atoms with E-state index in [-0.39, 0.29) is 12.1 Å². The van der Waals surface area contributed by atoms with E-state index in [1.807, 2.05) is 30.3 Å². The number of anilines is 1. The first kappa shape index (κ1) is 17.2. The minimum Gasteiger partial charge on any atom is -0.469 e. The van der Waals surface area contributed by atoms with Gasteiger partial charge < -0.3 is 19.1 Å². The van der Waals surface area contributed by atoms with Crippen LogP contribution < -0.4 is 9.64 Å². The number of para-hydroxylation sites is 1. The summed E-state index contributed by atoms with van der Waals surface area (Å²) in [5.41, 5.74) is 0. The molecule has 1 atom stereocenters. The SMILES string of the molecule is COC(=O)CCC1CN(c2ncc(Oc3ccccc3)cn2)CCO1. The summed E-state index contributed by atoms with van der Waals surface area (Å²) in [5, 5.41) is 0. The summed E-state index contributed by atoms with van der Waals surface area (Å²) in [6.45, 7) is 1.95. The van der Waals surface area contributed by atoms with E-state index in [4.69, 9.17) is 9.47 Å². The normalized spacial score (nSPS) is 17.2.